The van der Waals surface area contributed by atoms with E-state index < -0.39 is 23.7 Å². The number of rotatable bonds is 6. The average molecular weight is 357 g/mol. The lowest BCUT2D eigenvalue weighted by Gasteiger charge is -2.20. The second-order valence-electron chi connectivity index (χ2n) is 5.97. The van der Waals surface area contributed by atoms with Crippen LogP contribution in [0.4, 0.5) is 4.39 Å². The molecule has 136 valence electrons. The Morgan fingerprint density at radius 2 is 1.77 bits per heavy atom. The summed E-state index contributed by atoms with van der Waals surface area (Å²) in [7, 11) is 0. The molecule has 0 aromatic heterocycles. The maximum absolute atomic E-state index is 13.7. The van der Waals surface area contributed by atoms with Crippen molar-refractivity contribution in [1.82, 2.24) is 10.7 Å². The van der Waals surface area contributed by atoms with Crippen molar-refractivity contribution in [1.29, 1.82) is 0 Å². The lowest BCUT2D eigenvalue weighted by atomic mass is 10.0. The number of benzene rings is 2. The van der Waals surface area contributed by atoms with Crippen molar-refractivity contribution in [2.75, 3.05) is 0 Å². The number of hydrogen-bond donors (Lipinski definition) is 3. The van der Waals surface area contributed by atoms with Crippen LogP contribution in [0.25, 0.3) is 0 Å². The molecule has 0 saturated heterocycles. The molecular formula is C19H20FN3O3. The van der Waals surface area contributed by atoms with Crippen molar-refractivity contribution < 1.29 is 19.1 Å². The summed E-state index contributed by atoms with van der Waals surface area (Å²) < 4.78 is 13.7. The molecule has 3 N–H and O–H groups in total. The van der Waals surface area contributed by atoms with Crippen LogP contribution in [0.1, 0.15) is 29.8 Å². The van der Waals surface area contributed by atoms with Gasteiger partial charge >= 0.3 is 0 Å². The molecule has 2 amide bonds. The SMILES string of the molecule is CC(C)C(NC(=O)c1ccccc1F)C(=O)N/N=C/c1ccccc1O. The van der Waals surface area contributed by atoms with Crippen LogP contribution in [0.5, 0.6) is 5.75 Å². The third kappa shape index (κ3) is 4.89. The number of carbonyl (C=O) groups excluding carboxylic acids is 2. The van der Waals surface area contributed by atoms with Crippen LogP contribution in [0.2, 0.25) is 0 Å². The molecule has 0 saturated carbocycles. The lowest BCUT2D eigenvalue weighted by molar-refractivity contribution is -0.123. The number of hydrazone groups is 1. The van der Waals surface area contributed by atoms with Crippen LogP contribution in [-0.2, 0) is 4.79 Å². The van der Waals surface area contributed by atoms with E-state index >= 15 is 0 Å². The third-order valence-corrected chi connectivity index (χ3v) is 3.67. The number of phenolic OH excluding ortho intramolecular Hbond substituents is 1. The zero-order chi connectivity index (χ0) is 19.1. The number of hydrogen-bond acceptors (Lipinski definition) is 4. The van der Waals surface area contributed by atoms with Gasteiger partial charge in [0.05, 0.1) is 11.8 Å². The summed E-state index contributed by atoms with van der Waals surface area (Å²) in [5, 5.41) is 16.0. The predicted octanol–water partition coefficient (Wildman–Crippen LogP) is 2.44. The molecule has 26 heavy (non-hydrogen) atoms. The van der Waals surface area contributed by atoms with E-state index in [2.05, 4.69) is 15.8 Å². The van der Waals surface area contributed by atoms with Gasteiger partial charge in [-0.3, -0.25) is 9.59 Å². The summed E-state index contributed by atoms with van der Waals surface area (Å²) >= 11 is 0. The number of phenols is 1. The molecule has 6 nitrogen and oxygen atoms in total. The first-order valence-corrected chi connectivity index (χ1v) is 8.06. The van der Waals surface area contributed by atoms with Gasteiger partial charge < -0.3 is 10.4 Å². The molecule has 0 aliphatic carbocycles. The number of aromatic hydroxyl groups is 1. The van der Waals surface area contributed by atoms with Crippen LogP contribution in [-0.4, -0.2) is 29.2 Å². The van der Waals surface area contributed by atoms with E-state index in [1.807, 2.05) is 0 Å². The van der Waals surface area contributed by atoms with Crippen molar-refractivity contribution in [3.8, 4) is 5.75 Å². The fourth-order valence-corrected chi connectivity index (χ4v) is 2.23. The zero-order valence-corrected chi connectivity index (χ0v) is 14.4. The quantitative estimate of drug-likeness (QED) is 0.548. The summed E-state index contributed by atoms with van der Waals surface area (Å²) in [6, 6.07) is 11.1. The van der Waals surface area contributed by atoms with Gasteiger partial charge in [-0.15, -0.1) is 0 Å². The van der Waals surface area contributed by atoms with E-state index in [4.69, 9.17) is 0 Å². The molecule has 2 rings (SSSR count). The van der Waals surface area contributed by atoms with Gasteiger partial charge in [0.25, 0.3) is 11.8 Å². The van der Waals surface area contributed by atoms with Gasteiger partial charge in [0.15, 0.2) is 0 Å². The Balaban J connectivity index is 2.05. The van der Waals surface area contributed by atoms with Crippen LogP contribution >= 0.6 is 0 Å². The van der Waals surface area contributed by atoms with Crippen molar-refractivity contribution in [2.24, 2.45) is 11.0 Å². The van der Waals surface area contributed by atoms with Crippen LogP contribution in [0.15, 0.2) is 53.6 Å². The van der Waals surface area contributed by atoms with Gasteiger partial charge in [-0.1, -0.05) is 38.1 Å². The number of carbonyl (C=O) groups is 2. The van der Waals surface area contributed by atoms with Crippen LogP contribution < -0.4 is 10.7 Å². The monoisotopic (exact) mass is 357 g/mol. The topological polar surface area (TPSA) is 90.8 Å². The normalized spacial score (nSPS) is 12.2. The molecule has 2 aromatic carbocycles. The predicted molar refractivity (Wildman–Crippen MR) is 96.3 cm³/mol. The fourth-order valence-electron chi connectivity index (χ4n) is 2.23. The van der Waals surface area contributed by atoms with Gasteiger partial charge in [0.1, 0.15) is 17.6 Å². The number of amides is 2. The third-order valence-electron chi connectivity index (χ3n) is 3.67. The average Bonchev–Trinajstić information content (AvgIpc) is 2.61. The van der Waals surface area contributed by atoms with Gasteiger partial charge in [-0.05, 0) is 30.2 Å². The Hall–Kier alpha value is -3.22. The van der Waals surface area contributed by atoms with Crippen molar-refractivity contribution in [3.05, 3.63) is 65.5 Å². The first-order chi connectivity index (χ1) is 12.4. The minimum atomic E-state index is -0.899. The zero-order valence-electron chi connectivity index (χ0n) is 14.4. The lowest BCUT2D eigenvalue weighted by Crippen LogP contribution is -2.48. The Morgan fingerprint density at radius 3 is 2.42 bits per heavy atom. The summed E-state index contributed by atoms with van der Waals surface area (Å²) in [4.78, 5) is 24.5. The first-order valence-electron chi connectivity index (χ1n) is 8.06. The highest BCUT2D eigenvalue weighted by atomic mass is 19.1. The second-order valence-corrected chi connectivity index (χ2v) is 5.97. The number of nitrogens with one attached hydrogen (secondary N) is 2. The number of para-hydroxylation sites is 1. The van der Waals surface area contributed by atoms with Crippen molar-refractivity contribution in [2.45, 2.75) is 19.9 Å². The summed E-state index contributed by atoms with van der Waals surface area (Å²) in [5.41, 5.74) is 2.62. The molecule has 1 unspecified atom stereocenters. The van der Waals surface area contributed by atoms with E-state index in [9.17, 15) is 19.1 Å². The highest BCUT2D eigenvalue weighted by Gasteiger charge is 2.25. The molecule has 0 heterocycles. The molecule has 0 fully saturated rings. The Labute approximate surface area is 150 Å². The maximum atomic E-state index is 13.7. The van der Waals surface area contributed by atoms with E-state index in [0.717, 1.165) is 0 Å². The summed E-state index contributed by atoms with van der Waals surface area (Å²) in [6.07, 6.45) is 1.29. The molecule has 0 spiro atoms. The molecular weight excluding hydrogens is 337 g/mol. The van der Waals surface area contributed by atoms with E-state index in [1.54, 1.807) is 38.1 Å². The fraction of sp³-hybridized carbons (Fsp3) is 0.211. The minimum absolute atomic E-state index is 0.0266. The van der Waals surface area contributed by atoms with E-state index in [-0.39, 0.29) is 17.2 Å². The number of halogens is 1. The standard InChI is InChI=1S/C19H20FN3O3/c1-12(2)17(22-18(25)14-8-4-5-9-15(14)20)19(26)23-21-11-13-7-3-6-10-16(13)24/h3-12,17,24H,1-2H3,(H,22,25)(H,23,26)/b21-11+. The van der Waals surface area contributed by atoms with E-state index in [0.29, 0.717) is 5.56 Å². The largest absolute Gasteiger partial charge is 0.507 e. The van der Waals surface area contributed by atoms with Gasteiger partial charge in [-0.2, -0.15) is 5.10 Å². The molecule has 2 aromatic rings. The van der Waals surface area contributed by atoms with Crippen LogP contribution in [0.3, 0.4) is 0 Å². The first kappa shape index (κ1) is 19.1. The number of nitrogens with zero attached hydrogens (tertiary/aromatic N) is 1. The second kappa shape index (κ2) is 8.75. The van der Waals surface area contributed by atoms with Crippen molar-refractivity contribution >= 4 is 18.0 Å². The van der Waals surface area contributed by atoms with E-state index in [1.165, 1.54) is 30.5 Å². The Kier molecular flexibility index (Phi) is 6.43. The summed E-state index contributed by atoms with van der Waals surface area (Å²) in [6.45, 7) is 3.50. The minimum Gasteiger partial charge on any atom is -0.507 e. The van der Waals surface area contributed by atoms with Gasteiger partial charge in [0.2, 0.25) is 0 Å². The molecule has 0 bridgehead atoms. The molecule has 0 aliphatic heterocycles. The van der Waals surface area contributed by atoms with Crippen LogP contribution in [0, 0.1) is 11.7 Å². The Morgan fingerprint density at radius 1 is 1.12 bits per heavy atom. The molecule has 0 aliphatic rings. The highest BCUT2D eigenvalue weighted by molar-refractivity contribution is 5.98. The highest BCUT2D eigenvalue weighted by Crippen LogP contribution is 2.12. The Bertz CT molecular complexity index is 821. The van der Waals surface area contributed by atoms with Gasteiger partial charge in [-0.25, -0.2) is 9.82 Å². The van der Waals surface area contributed by atoms with Crippen molar-refractivity contribution in [3.63, 3.8) is 0 Å². The summed E-state index contributed by atoms with van der Waals surface area (Å²) in [5.74, 6) is -2.10. The molecule has 1 atom stereocenters. The molecule has 0 radical (unpaired) electrons. The molecule has 7 heteroatoms. The van der Waals surface area contributed by atoms with Gasteiger partial charge in [0, 0.05) is 5.56 Å². The maximum Gasteiger partial charge on any atom is 0.262 e. The smallest absolute Gasteiger partial charge is 0.262 e.